The molecule has 4 rings (SSSR count). The molecule has 0 saturated carbocycles. The zero-order chi connectivity index (χ0) is 23.4. The third kappa shape index (κ3) is 4.88. The van der Waals surface area contributed by atoms with Crippen LogP contribution in [0, 0.1) is 10.5 Å². The van der Waals surface area contributed by atoms with E-state index in [4.69, 9.17) is 9.47 Å². The molecule has 0 spiro atoms. The first-order valence-corrected chi connectivity index (χ1v) is 11.5. The van der Waals surface area contributed by atoms with Crippen LogP contribution < -0.4 is 15.0 Å². The highest BCUT2D eigenvalue weighted by Crippen LogP contribution is 2.34. The Bertz CT molecular complexity index is 1340. The van der Waals surface area contributed by atoms with E-state index in [-0.39, 0.29) is 5.56 Å². The molecule has 0 bridgehead atoms. The molecule has 33 heavy (non-hydrogen) atoms. The van der Waals surface area contributed by atoms with Gasteiger partial charge in [0.2, 0.25) is 0 Å². The van der Waals surface area contributed by atoms with Crippen LogP contribution in [0.4, 0.5) is 5.69 Å². The first kappa shape index (κ1) is 22.8. The summed E-state index contributed by atoms with van der Waals surface area (Å²) in [5.41, 5.74) is 3.71. The lowest BCUT2D eigenvalue weighted by molar-refractivity contribution is 0.282. The number of nitrogens with zero attached hydrogens (tertiary/aromatic N) is 3. The van der Waals surface area contributed by atoms with Crippen molar-refractivity contribution in [1.82, 2.24) is 9.36 Å². The summed E-state index contributed by atoms with van der Waals surface area (Å²) in [5, 5.41) is 0. The molecule has 6 nitrogen and oxygen atoms in total. The predicted molar refractivity (Wildman–Crippen MR) is 139 cm³/mol. The van der Waals surface area contributed by atoms with Crippen LogP contribution in [0.3, 0.4) is 0 Å². The average molecular weight is 553 g/mol. The van der Waals surface area contributed by atoms with Gasteiger partial charge in [-0.2, -0.15) is 0 Å². The van der Waals surface area contributed by atoms with Gasteiger partial charge in [0.1, 0.15) is 6.61 Å². The second-order valence-electron chi connectivity index (χ2n) is 7.48. The van der Waals surface area contributed by atoms with E-state index in [1.807, 2.05) is 91.4 Å². The fourth-order valence-electron chi connectivity index (χ4n) is 3.53. The fourth-order valence-corrected chi connectivity index (χ4v) is 4.31. The molecule has 7 heteroatoms. The smallest absolute Gasteiger partial charge is 0.297 e. The molecule has 0 N–H and O–H groups in total. The van der Waals surface area contributed by atoms with Crippen LogP contribution in [0.1, 0.15) is 16.8 Å². The summed E-state index contributed by atoms with van der Waals surface area (Å²) in [6, 6.07) is 23.3. The van der Waals surface area contributed by atoms with Crippen LogP contribution in [0.5, 0.6) is 11.5 Å². The Morgan fingerprint density at radius 3 is 2.36 bits per heavy atom. The molecule has 0 atom stereocenters. The largest absolute Gasteiger partial charge is 0.493 e. The first-order chi connectivity index (χ1) is 16.0. The number of benzene rings is 3. The molecule has 1 heterocycles. The van der Waals surface area contributed by atoms with E-state index in [2.05, 4.69) is 27.6 Å². The molecule has 0 fully saturated rings. The third-order valence-corrected chi connectivity index (χ3v) is 6.15. The van der Waals surface area contributed by atoms with Gasteiger partial charge in [0.15, 0.2) is 17.2 Å². The highest BCUT2D eigenvalue weighted by molar-refractivity contribution is 14.1. The van der Waals surface area contributed by atoms with Crippen molar-refractivity contribution in [2.45, 2.75) is 13.5 Å². The Balaban J connectivity index is 1.63. The van der Waals surface area contributed by atoms with Crippen molar-refractivity contribution in [3.8, 4) is 17.2 Å². The number of rotatable bonds is 7. The van der Waals surface area contributed by atoms with Crippen molar-refractivity contribution in [3.05, 3.63) is 104 Å². The second-order valence-corrected chi connectivity index (χ2v) is 8.64. The number of aromatic nitrogens is 2. The van der Waals surface area contributed by atoms with Gasteiger partial charge in [0, 0.05) is 13.3 Å². The van der Waals surface area contributed by atoms with Gasteiger partial charge < -0.3 is 9.47 Å². The van der Waals surface area contributed by atoms with Crippen molar-refractivity contribution >= 4 is 34.5 Å². The highest BCUT2D eigenvalue weighted by atomic mass is 127. The molecule has 0 aliphatic carbocycles. The maximum Gasteiger partial charge on any atom is 0.297 e. The van der Waals surface area contributed by atoms with Crippen LogP contribution in [0.25, 0.3) is 5.69 Å². The quantitative estimate of drug-likeness (QED) is 0.227. The van der Waals surface area contributed by atoms with E-state index in [9.17, 15) is 4.79 Å². The molecule has 0 aliphatic rings. The summed E-state index contributed by atoms with van der Waals surface area (Å²) < 4.78 is 15.9. The van der Waals surface area contributed by atoms with Crippen molar-refractivity contribution in [3.63, 3.8) is 0 Å². The SMILES string of the molecule is COc1cc(C=Nc2c(C)n(C)n(-c3ccccc3)c2=O)cc(I)c1OCc1ccccc1. The van der Waals surface area contributed by atoms with Crippen molar-refractivity contribution in [2.24, 2.45) is 12.0 Å². The second kappa shape index (κ2) is 10.1. The Labute approximate surface area is 206 Å². The van der Waals surface area contributed by atoms with E-state index in [0.29, 0.717) is 23.8 Å². The minimum absolute atomic E-state index is 0.165. The summed E-state index contributed by atoms with van der Waals surface area (Å²) in [6.07, 6.45) is 1.69. The Morgan fingerprint density at radius 1 is 1.03 bits per heavy atom. The molecule has 0 radical (unpaired) electrons. The lowest BCUT2D eigenvalue weighted by Crippen LogP contribution is -2.19. The monoisotopic (exact) mass is 553 g/mol. The number of halogens is 1. The number of hydrogen-bond acceptors (Lipinski definition) is 4. The lowest BCUT2D eigenvalue weighted by atomic mass is 10.2. The topological polar surface area (TPSA) is 57.8 Å². The van der Waals surface area contributed by atoms with Gasteiger partial charge in [-0.05, 0) is 64.9 Å². The van der Waals surface area contributed by atoms with Gasteiger partial charge in [-0.1, -0.05) is 48.5 Å². The maximum absolute atomic E-state index is 13.1. The van der Waals surface area contributed by atoms with Gasteiger partial charge >= 0.3 is 0 Å². The van der Waals surface area contributed by atoms with E-state index >= 15 is 0 Å². The van der Waals surface area contributed by atoms with Crippen LogP contribution in [-0.2, 0) is 13.7 Å². The van der Waals surface area contributed by atoms with E-state index < -0.39 is 0 Å². The molecule has 0 aliphatic heterocycles. The standard InChI is InChI=1S/C26H24IN3O3/c1-18-24(26(31)30(29(18)2)21-12-8-5-9-13-21)28-16-20-14-22(27)25(23(15-20)32-3)33-17-19-10-6-4-7-11-19/h4-16H,17H2,1-3H3. The minimum Gasteiger partial charge on any atom is -0.493 e. The minimum atomic E-state index is -0.165. The van der Waals surface area contributed by atoms with Crippen molar-refractivity contribution in [2.75, 3.05) is 7.11 Å². The highest BCUT2D eigenvalue weighted by Gasteiger charge is 2.16. The Kier molecular flexibility index (Phi) is 6.98. The number of ether oxygens (including phenoxy) is 2. The molecule has 0 unspecified atom stereocenters. The normalized spacial score (nSPS) is 11.2. The third-order valence-electron chi connectivity index (χ3n) is 5.34. The van der Waals surface area contributed by atoms with Crippen molar-refractivity contribution < 1.29 is 9.47 Å². The number of hydrogen-bond donors (Lipinski definition) is 0. The molecule has 0 saturated heterocycles. The summed E-state index contributed by atoms with van der Waals surface area (Å²) in [4.78, 5) is 17.6. The lowest BCUT2D eigenvalue weighted by Gasteiger charge is -2.13. The summed E-state index contributed by atoms with van der Waals surface area (Å²) >= 11 is 2.23. The summed E-state index contributed by atoms with van der Waals surface area (Å²) in [7, 11) is 3.47. The van der Waals surface area contributed by atoms with Crippen LogP contribution in [-0.4, -0.2) is 22.7 Å². The molecular formula is C26H24IN3O3. The van der Waals surface area contributed by atoms with E-state index in [1.165, 1.54) is 0 Å². The first-order valence-electron chi connectivity index (χ1n) is 10.4. The van der Waals surface area contributed by atoms with Crippen LogP contribution in [0.2, 0.25) is 0 Å². The van der Waals surface area contributed by atoms with Gasteiger partial charge in [-0.3, -0.25) is 9.48 Å². The number of methoxy groups -OCH3 is 1. The number of aliphatic imine (C=N–C) groups is 1. The molecular weight excluding hydrogens is 529 g/mol. The van der Waals surface area contributed by atoms with Gasteiger partial charge in [-0.25, -0.2) is 9.67 Å². The van der Waals surface area contributed by atoms with Gasteiger partial charge in [-0.15, -0.1) is 0 Å². The predicted octanol–water partition coefficient (Wildman–Crippen LogP) is 5.43. The number of para-hydroxylation sites is 1. The Hall–Kier alpha value is -3.33. The zero-order valence-electron chi connectivity index (χ0n) is 18.7. The van der Waals surface area contributed by atoms with Crippen molar-refractivity contribution in [1.29, 1.82) is 0 Å². The van der Waals surface area contributed by atoms with Crippen LogP contribution >= 0.6 is 22.6 Å². The zero-order valence-corrected chi connectivity index (χ0v) is 20.8. The Morgan fingerprint density at radius 2 is 1.70 bits per heavy atom. The van der Waals surface area contributed by atoms with Gasteiger partial charge in [0.25, 0.3) is 5.56 Å². The fraction of sp³-hybridized carbons (Fsp3) is 0.154. The van der Waals surface area contributed by atoms with E-state index in [1.54, 1.807) is 18.0 Å². The molecule has 0 amide bonds. The summed E-state index contributed by atoms with van der Waals surface area (Å²) in [6.45, 7) is 2.33. The summed E-state index contributed by atoms with van der Waals surface area (Å²) in [5.74, 6) is 1.30. The molecule has 168 valence electrons. The van der Waals surface area contributed by atoms with E-state index in [0.717, 1.165) is 26.1 Å². The molecule has 3 aromatic carbocycles. The maximum atomic E-state index is 13.1. The average Bonchev–Trinajstić information content (AvgIpc) is 3.05. The van der Waals surface area contributed by atoms with Gasteiger partial charge in [0.05, 0.1) is 22.1 Å². The molecule has 4 aromatic rings. The molecule has 1 aromatic heterocycles. The van der Waals surface area contributed by atoms with Crippen LogP contribution in [0.15, 0.2) is 82.6 Å².